The van der Waals surface area contributed by atoms with Gasteiger partial charge in [-0.25, -0.2) is 9.78 Å². The summed E-state index contributed by atoms with van der Waals surface area (Å²) in [5.74, 6) is -0.960. The van der Waals surface area contributed by atoms with E-state index < -0.39 is 14.0 Å². The molecule has 0 saturated heterocycles. The number of fused-ring (bicyclic) bond motifs is 1. The van der Waals surface area contributed by atoms with Crippen molar-refractivity contribution in [1.29, 1.82) is 0 Å². The van der Waals surface area contributed by atoms with E-state index in [2.05, 4.69) is 47.2 Å². The Labute approximate surface area is 138 Å². The van der Waals surface area contributed by atoms with Crippen LogP contribution in [0.5, 0.6) is 0 Å². The lowest BCUT2D eigenvalue weighted by atomic mass is 10.2. The van der Waals surface area contributed by atoms with E-state index in [0.717, 1.165) is 27.4 Å². The first-order valence-electron chi connectivity index (χ1n) is 6.74. The van der Waals surface area contributed by atoms with Gasteiger partial charge in [-0.15, -0.1) is 0 Å². The van der Waals surface area contributed by atoms with E-state index >= 15 is 0 Å². The first-order chi connectivity index (χ1) is 9.78. The van der Waals surface area contributed by atoms with Gasteiger partial charge in [-0.2, -0.15) is 0 Å². The predicted octanol–water partition coefficient (Wildman–Crippen LogP) is 3.65. The van der Waals surface area contributed by atoms with Gasteiger partial charge in [0.2, 0.25) is 0 Å². The smallest absolute Gasteiger partial charge is 0.337 e. The third kappa shape index (κ3) is 4.27. The van der Waals surface area contributed by atoms with E-state index in [1.54, 1.807) is 6.07 Å². The summed E-state index contributed by atoms with van der Waals surface area (Å²) in [6, 6.07) is 4.70. The second-order valence-electron chi connectivity index (χ2n) is 6.19. The molecule has 0 bridgehead atoms. The molecule has 114 valence electrons. The lowest BCUT2D eigenvalue weighted by Gasteiger charge is -2.16. The number of aromatic nitrogens is 2. The van der Waals surface area contributed by atoms with Crippen molar-refractivity contribution < 1.29 is 14.6 Å². The van der Waals surface area contributed by atoms with Crippen LogP contribution in [0.3, 0.4) is 0 Å². The lowest BCUT2D eigenvalue weighted by molar-refractivity contribution is 0.0696. The van der Waals surface area contributed by atoms with E-state index in [1.165, 1.54) is 6.20 Å². The van der Waals surface area contributed by atoms with Gasteiger partial charge in [-0.1, -0.05) is 19.6 Å². The van der Waals surface area contributed by atoms with Crippen LogP contribution in [0.15, 0.2) is 18.3 Å². The summed E-state index contributed by atoms with van der Waals surface area (Å²) in [7, 11) is -1.08. The molecule has 0 fully saturated rings. The standard InChI is InChI=1S/C14H19IN2O3Si/c1-21(2,3)5-4-20-9-17-12(15)7-10-6-11(14(18)19)8-16-13(10)17/h6-8H,4-5,9H2,1-3H3,(H,18,19). The van der Waals surface area contributed by atoms with Gasteiger partial charge < -0.3 is 9.84 Å². The molecular formula is C14H19IN2O3Si. The highest BCUT2D eigenvalue weighted by molar-refractivity contribution is 14.1. The van der Waals surface area contributed by atoms with E-state index in [0.29, 0.717) is 6.73 Å². The molecule has 0 amide bonds. The molecule has 2 rings (SSSR count). The molecule has 0 aliphatic carbocycles. The van der Waals surface area contributed by atoms with E-state index in [9.17, 15) is 4.79 Å². The van der Waals surface area contributed by atoms with Crippen molar-refractivity contribution in [2.45, 2.75) is 32.4 Å². The monoisotopic (exact) mass is 418 g/mol. The molecule has 0 aliphatic heterocycles. The first kappa shape index (κ1) is 16.4. The van der Waals surface area contributed by atoms with Crippen molar-refractivity contribution >= 4 is 47.7 Å². The van der Waals surface area contributed by atoms with Crippen LogP contribution < -0.4 is 0 Å². The number of carboxylic acid groups (broad SMARTS) is 1. The number of halogens is 1. The summed E-state index contributed by atoms with van der Waals surface area (Å²) in [5, 5.41) is 9.83. The molecule has 1 N–H and O–H groups in total. The number of aromatic carboxylic acids is 1. The Morgan fingerprint density at radius 1 is 1.43 bits per heavy atom. The fourth-order valence-electron chi connectivity index (χ4n) is 1.89. The SMILES string of the molecule is C[Si](C)(C)CCOCn1c(I)cc2cc(C(=O)O)cnc21. The van der Waals surface area contributed by atoms with Crippen molar-refractivity contribution in [3.8, 4) is 0 Å². The molecule has 7 heteroatoms. The van der Waals surface area contributed by atoms with Gasteiger partial charge in [0.05, 0.1) is 9.26 Å². The van der Waals surface area contributed by atoms with Gasteiger partial charge in [0.25, 0.3) is 0 Å². The third-order valence-electron chi connectivity index (χ3n) is 3.15. The Hall–Kier alpha value is -0.933. The van der Waals surface area contributed by atoms with Crippen LogP contribution in [-0.2, 0) is 11.5 Å². The highest BCUT2D eigenvalue weighted by Crippen LogP contribution is 2.21. The lowest BCUT2D eigenvalue weighted by Crippen LogP contribution is -2.22. The van der Waals surface area contributed by atoms with Crippen molar-refractivity contribution in [3.63, 3.8) is 0 Å². The van der Waals surface area contributed by atoms with Crippen molar-refractivity contribution in [1.82, 2.24) is 9.55 Å². The first-order valence-corrected chi connectivity index (χ1v) is 11.5. The molecule has 0 radical (unpaired) electrons. The second-order valence-corrected chi connectivity index (χ2v) is 12.9. The summed E-state index contributed by atoms with van der Waals surface area (Å²) in [5.41, 5.74) is 0.966. The number of rotatable bonds is 6. The molecule has 21 heavy (non-hydrogen) atoms. The van der Waals surface area contributed by atoms with Gasteiger partial charge in [-0.05, 0) is 40.8 Å². The zero-order chi connectivity index (χ0) is 15.6. The maximum atomic E-state index is 11.0. The normalized spacial score (nSPS) is 12.0. The number of hydrogen-bond donors (Lipinski definition) is 1. The fourth-order valence-corrected chi connectivity index (χ4v) is 3.35. The number of carbonyl (C=O) groups is 1. The molecular weight excluding hydrogens is 399 g/mol. The quantitative estimate of drug-likeness (QED) is 0.442. The van der Waals surface area contributed by atoms with Crippen molar-refractivity contribution in [2.24, 2.45) is 0 Å². The van der Waals surface area contributed by atoms with Crippen LogP contribution in [0.4, 0.5) is 0 Å². The molecule has 0 atom stereocenters. The zero-order valence-corrected chi connectivity index (χ0v) is 15.5. The largest absolute Gasteiger partial charge is 0.478 e. The molecule has 2 heterocycles. The fraction of sp³-hybridized carbons (Fsp3) is 0.429. The highest BCUT2D eigenvalue weighted by atomic mass is 127. The summed E-state index contributed by atoms with van der Waals surface area (Å²) < 4.78 is 8.71. The molecule has 0 spiro atoms. The van der Waals surface area contributed by atoms with Gasteiger partial charge >= 0.3 is 5.97 Å². The van der Waals surface area contributed by atoms with Crippen LogP contribution >= 0.6 is 22.6 Å². The zero-order valence-electron chi connectivity index (χ0n) is 12.4. The number of ether oxygens (including phenoxy) is 1. The van der Waals surface area contributed by atoms with Gasteiger partial charge in [0.15, 0.2) is 0 Å². The van der Waals surface area contributed by atoms with Crippen LogP contribution in [0.1, 0.15) is 10.4 Å². The van der Waals surface area contributed by atoms with Crippen molar-refractivity contribution in [2.75, 3.05) is 6.61 Å². The predicted molar refractivity (Wildman–Crippen MR) is 93.5 cm³/mol. The highest BCUT2D eigenvalue weighted by Gasteiger charge is 2.14. The summed E-state index contributed by atoms with van der Waals surface area (Å²) >= 11 is 2.21. The molecule has 2 aromatic heterocycles. The Bertz CT molecular complexity index is 664. The Balaban J connectivity index is 2.13. The topological polar surface area (TPSA) is 64.3 Å². The number of carboxylic acids is 1. The number of hydrogen-bond acceptors (Lipinski definition) is 3. The molecule has 2 aromatic rings. The molecule has 0 unspecified atom stereocenters. The second kappa shape index (κ2) is 6.45. The summed E-state index contributed by atoms with van der Waals surface area (Å²) in [6.07, 6.45) is 1.39. The van der Waals surface area contributed by atoms with Crippen LogP contribution in [-0.4, -0.2) is 35.3 Å². The van der Waals surface area contributed by atoms with Gasteiger partial charge in [-0.3, -0.25) is 4.57 Å². The summed E-state index contributed by atoms with van der Waals surface area (Å²) in [4.78, 5) is 15.2. The number of pyridine rings is 1. The Morgan fingerprint density at radius 3 is 2.76 bits per heavy atom. The van der Waals surface area contributed by atoms with E-state index in [1.807, 2.05) is 10.6 Å². The van der Waals surface area contributed by atoms with E-state index in [-0.39, 0.29) is 5.56 Å². The molecule has 0 aliphatic rings. The maximum absolute atomic E-state index is 11.0. The Morgan fingerprint density at radius 2 is 2.14 bits per heavy atom. The van der Waals surface area contributed by atoms with Crippen LogP contribution in [0.25, 0.3) is 11.0 Å². The summed E-state index contributed by atoms with van der Waals surface area (Å²) in [6.45, 7) is 8.16. The van der Waals surface area contributed by atoms with Gasteiger partial charge in [0.1, 0.15) is 12.4 Å². The molecule has 0 saturated carbocycles. The van der Waals surface area contributed by atoms with Crippen LogP contribution in [0, 0.1) is 3.70 Å². The minimum atomic E-state index is -1.08. The van der Waals surface area contributed by atoms with Crippen molar-refractivity contribution in [3.05, 3.63) is 27.6 Å². The van der Waals surface area contributed by atoms with E-state index in [4.69, 9.17) is 9.84 Å². The third-order valence-corrected chi connectivity index (χ3v) is 5.74. The molecule has 0 aromatic carbocycles. The molecule has 5 nitrogen and oxygen atoms in total. The number of nitrogens with zero attached hydrogens (tertiary/aromatic N) is 2. The average Bonchev–Trinajstić information content (AvgIpc) is 2.68. The minimum Gasteiger partial charge on any atom is -0.478 e. The minimum absolute atomic E-state index is 0.204. The Kier molecular flexibility index (Phi) is 5.05. The van der Waals surface area contributed by atoms with Crippen LogP contribution in [0.2, 0.25) is 25.7 Å². The van der Waals surface area contributed by atoms with Gasteiger partial charge in [0, 0.05) is 26.3 Å². The average molecular weight is 418 g/mol. The maximum Gasteiger partial charge on any atom is 0.337 e.